The third kappa shape index (κ3) is 7.08. The van der Waals surface area contributed by atoms with Gasteiger partial charge < -0.3 is 25.2 Å². The number of nitrogens with zero attached hydrogens (tertiary/aromatic N) is 1. The first-order valence-corrected chi connectivity index (χ1v) is 6.90. The van der Waals surface area contributed by atoms with Crippen LogP contribution in [0.5, 0.6) is 5.75 Å². The lowest BCUT2D eigenvalue weighted by atomic mass is 10.2. The van der Waals surface area contributed by atoms with Crippen molar-refractivity contribution in [3.8, 4) is 5.75 Å². The van der Waals surface area contributed by atoms with E-state index in [1.165, 1.54) is 7.11 Å². The highest BCUT2D eigenvalue weighted by molar-refractivity contribution is 5.69. The molecule has 21 heavy (non-hydrogen) atoms. The Morgan fingerprint density at radius 2 is 2.05 bits per heavy atom. The molecule has 1 aromatic rings. The number of hydrogen-bond donors (Lipinski definition) is 2. The maximum atomic E-state index is 11.0. The highest BCUT2D eigenvalue weighted by Gasteiger charge is 2.11. The lowest BCUT2D eigenvalue weighted by Gasteiger charge is -2.20. The number of aliphatic hydroxyl groups excluding tert-OH is 1. The molecule has 0 aliphatic heterocycles. The Balaban J connectivity index is 2.26. The molecule has 1 atom stereocenters. The summed E-state index contributed by atoms with van der Waals surface area (Å²) in [7, 11) is 3.20. The predicted molar refractivity (Wildman–Crippen MR) is 80.0 cm³/mol. The van der Waals surface area contributed by atoms with E-state index >= 15 is 0 Å². The Labute approximate surface area is 125 Å². The standard InChI is InChI=1S/C15H24N2O4/c1-17(8-7-15(19)20-2)10-13(18)11-21-14-5-3-12(9-16)4-6-14/h3-6,13,18H,7-11,16H2,1-2H3. The van der Waals surface area contributed by atoms with Gasteiger partial charge in [-0.05, 0) is 24.7 Å². The lowest BCUT2D eigenvalue weighted by Crippen LogP contribution is -2.34. The topological polar surface area (TPSA) is 85.0 Å². The number of likely N-dealkylation sites (N-methyl/N-ethyl adjacent to an activating group) is 1. The molecule has 3 N–H and O–H groups in total. The van der Waals surface area contributed by atoms with E-state index in [-0.39, 0.29) is 12.6 Å². The van der Waals surface area contributed by atoms with Crippen LogP contribution in [0.15, 0.2) is 24.3 Å². The van der Waals surface area contributed by atoms with Crippen LogP contribution in [0.1, 0.15) is 12.0 Å². The van der Waals surface area contributed by atoms with Crippen LogP contribution in [0.2, 0.25) is 0 Å². The molecule has 6 heteroatoms. The smallest absolute Gasteiger partial charge is 0.306 e. The summed E-state index contributed by atoms with van der Waals surface area (Å²) in [4.78, 5) is 12.9. The Hall–Kier alpha value is -1.63. The Bertz CT molecular complexity index is 422. The zero-order valence-corrected chi connectivity index (χ0v) is 12.6. The van der Waals surface area contributed by atoms with Gasteiger partial charge in [0.1, 0.15) is 18.5 Å². The number of esters is 1. The highest BCUT2D eigenvalue weighted by Crippen LogP contribution is 2.12. The molecular weight excluding hydrogens is 272 g/mol. The Kier molecular flexibility index (Phi) is 7.74. The number of nitrogens with two attached hydrogens (primary N) is 1. The van der Waals surface area contributed by atoms with Gasteiger partial charge in [0, 0.05) is 19.6 Å². The minimum Gasteiger partial charge on any atom is -0.491 e. The third-order valence-electron chi connectivity index (χ3n) is 3.05. The van der Waals surface area contributed by atoms with Crippen molar-refractivity contribution in [1.29, 1.82) is 0 Å². The molecule has 6 nitrogen and oxygen atoms in total. The van der Waals surface area contributed by atoms with Crippen LogP contribution >= 0.6 is 0 Å². The van der Waals surface area contributed by atoms with Gasteiger partial charge in [-0.2, -0.15) is 0 Å². The summed E-state index contributed by atoms with van der Waals surface area (Å²) in [6.07, 6.45) is -0.317. The highest BCUT2D eigenvalue weighted by atomic mass is 16.5. The SMILES string of the molecule is COC(=O)CCN(C)CC(O)COc1ccc(CN)cc1. The van der Waals surface area contributed by atoms with Crippen molar-refractivity contribution in [2.75, 3.05) is 33.9 Å². The normalized spacial score (nSPS) is 12.2. The molecule has 0 aliphatic carbocycles. The maximum absolute atomic E-state index is 11.0. The molecule has 118 valence electrons. The zero-order chi connectivity index (χ0) is 15.7. The van der Waals surface area contributed by atoms with Crippen LogP contribution < -0.4 is 10.5 Å². The second-order valence-corrected chi connectivity index (χ2v) is 4.90. The van der Waals surface area contributed by atoms with Crippen LogP contribution in [-0.4, -0.2) is 55.9 Å². The summed E-state index contributed by atoms with van der Waals surface area (Å²) < 4.78 is 10.1. The first-order valence-electron chi connectivity index (χ1n) is 6.90. The average molecular weight is 296 g/mol. The number of carbonyl (C=O) groups is 1. The van der Waals surface area contributed by atoms with Gasteiger partial charge in [0.25, 0.3) is 0 Å². The third-order valence-corrected chi connectivity index (χ3v) is 3.05. The molecular formula is C15H24N2O4. The van der Waals surface area contributed by atoms with Gasteiger partial charge in [0.05, 0.1) is 13.5 Å². The van der Waals surface area contributed by atoms with E-state index in [0.717, 1.165) is 5.56 Å². The second kappa shape index (κ2) is 9.33. The molecule has 0 saturated carbocycles. The predicted octanol–water partition coefficient (Wildman–Crippen LogP) is 0.380. The number of ether oxygens (including phenoxy) is 2. The van der Waals surface area contributed by atoms with Crippen LogP contribution in [-0.2, 0) is 16.1 Å². The van der Waals surface area contributed by atoms with Crippen molar-refractivity contribution in [3.05, 3.63) is 29.8 Å². The van der Waals surface area contributed by atoms with E-state index in [2.05, 4.69) is 4.74 Å². The molecule has 0 amide bonds. The summed E-state index contributed by atoms with van der Waals surface area (Å²) in [5.41, 5.74) is 6.55. The summed E-state index contributed by atoms with van der Waals surface area (Å²) in [6, 6.07) is 7.44. The number of methoxy groups -OCH3 is 1. The van der Waals surface area contributed by atoms with Crippen molar-refractivity contribution in [3.63, 3.8) is 0 Å². The van der Waals surface area contributed by atoms with E-state index in [4.69, 9.17) is 10.5 Å². The second-order valence-electron chi connectivity index (χ2n) is 4.90. The number of rotatable bonds is 9. The van der Waals surface area contributed by atoms with Crippen LogP contribution in [0.3, 0.4) is 0 Å². The summed E-state index contributed by atoms with van der Waals surface area (Å²) in [5, 5.41) is 9.90. The number of benzene rings is 1. The minimum atomic E-state index is -0.623. The molecule has 0 aliphatic rings. The van der Waals surface area contributed by atoms with Gasteiger partial charge in [0.2, 0.25) is 0 Å². The van der Waals surface area contributed by atoms with Crippen molar-refractivity contribution in [2.24, 2.45) is 5.73 Å². The molecule has 0 spiro atoms. The summed E-state index contributed by atoms with van der Waals surface area (Å²) in [5.74, 6) is 0.441. The molecule has 0 saturated heterocycles. The number of hydrogen-bond acceptors (Lipinski definition) is 6. The summed E-state index contributed by atoms with van der Waals surface area (Å²) in [6.45, 7) is 1.66. The van der Waals surface area contributed by atoms with E-state index in [0.29, 0.717) is 31.8 Å². The first kappa shape index (κ1) is 17.4. The van der Waals surface area contributed by atoms with Gasteiger partial charge in [-0.1, -0.05) is 12.1 Å². The van der Waals surface area contributed by atoms with Crippen molar-refractivity contribution in [1.82, 2.24) is 4.90 Å². The van der Waals surface area contributed by atoms with Crippen LogP contribution in [0.25, 0.3) is 0 Å². The monoisotopic (exact) mass is 296 g/mol. The molecule has 1 aromatic carbocycles. The average Bonchev–Trinajstić information content (AvgIpc) is 2.51. The zero-order valence-electron chi connectivity index (χ0n) is 12.6. The number of carbonyl (C=O) groups excluding carboxylic acids is 1. The van der Waals surface area contributed by atoms with Gasteiger partial charge in [-0.25, -0.2) is 0 Å². The first-order chi connectivity index (χ1) is 10.0. The van der Waals surface area contributed by atoms with E-state index < -0.39 is 6.10 Å². The van der Waals surface area contributed by atoms with Crippen molar-refractivity contribution in [2.45, 2.75) is 19.1 Å². The van der Waals surface area contributed by atoms with Crippen molar-refractivity contribution >= 4 is 5.97 Å². The number of aliphatic hydroxyl groups is 1. The largest absolute Gasteiger partial charge is 0.491 e. The van der Waals surface area contributed by atoms with E-state index in [1.807, 2.05) is 36.2 Å². The fourth-order valence-corrected chi connectivity index (χ4v) is 1.80. The minimum absolute atomic E-state index is 0.199. The van der Waals surface area contributed by atoms with E-state index in [9.17, 15) is 9.90 Å². The molecule has 0 bridgehead atoms. The van der Waals surface area contributed by atoms with Gasteiger partial charge in [0.15, 0.2) is 0 Å². The van der Waals surface area contributed by atoms with E-state index in [1.54, 1.807) is 0 Å². The quantitative estimate of drug-likeness (QED) is 0.641. The van der Waals surface area contributed by atoms with Gasteiger partial charge >= 0.3 is 5.97 Å². The lowest BCUT2D eigenvalue weighted by molar-refractivity contribution is -0.141. The molecule has 0 radical (unpaired) electrons. The fraction of sp³-hybridized carbons (Fsp3) is 0.533. The van der Waals surface area contributed by atoms with Crippen LogP contribution in [0, 0.1) is 0 Å². The molecule has 0 aromatic heterocycles. The Morgan fingerprint density at radius 3 is 2.62 bits per heavy atom. The van der Waals surface area contributed by atoms with Gasteiger partial charge in [-0.3, -0.25) is 4.79 Å². The van der Waals surface area contributed by atoms with Gasteiger partial charge in [-0.15, -0.1) is 0 Å². The maximum Gasteiger partial charge on any atom is 0.306 e. The molecule has 0 heterocycles. The molecule has 0 fully saturated rings. The van der Waals surface area contributed by atoms with Crippen LogP contribution in [0.4, 0.5) is 0 Å². The molecule has 1 rings (SSSR count). The Morgan fingerprint density at radius 1 is 1.38 bits per heavy atom. The molecule has 1 unspecified atom stereocenters. The summed E-state index contributed by atoms with van der Waals surface area (Å²) >= 11 is 0. The fourth-order valence-electron chi connectivity index (χ4n) is 1.80. The van der Waals surface area contributed by atoms with Crippen molar-refractivity contribution < 1.29 is 19.4 Å².